The smallest absolute Gasteiger partial charge is 0.307 e. The van der Waals surface area contributed by atoms with Crippen LogP contribution in [0.25, 0.3) is 10.9 Å². The molecule has 0 atom stereocenters. The number of para-hydroxylation sites is 2. The van der Waals surface area contributed by atoms with Crippen LogP contribution >= 0.6 is 0 Å². The molecule has 1 heterocycles. The van der Waals surface area contributed by atoms with Gasteiger partial charge in [-0.15, -0.1) is 0 Å². The lowest BCUT2D eigenvalue weighted by Gasteiger charge is -2.05. The molecule has 24 heavy (non-hydrogen) atoms. The van der Waals surface area contributed by atoms with E-state index >= 15 is 0 Å². The van der Waals surface area contributed by atoms with Crippen molar-refractivity contribution in [2.24, 2.45) is 5.10 Å². The number of phenolic OH excluding ortho intramolecular Hbond substituents is 1. The zero-order chi connectivity index (χ0) is 17.1. The maximum atomic E-state index is 12.1. The molecule has 1 amide bonds. The van der Waals surface area contributed by atoms with Crippen LogP contribution in [0.4, 0.5) is 0 Å². The summed E-state index contributed by atoms with van der Waals surface area (Å²) in [4.78, 5) is 30.7. The predicted octanol–water partition coefficient (Wildman–Crippen LogP) is 1.78. The van der Waals surface area contributed by atoms with Gasteiger partial charge < -0.3 is 10.1 Å². The fourth-order valence-electron chi connectivity index (χ4n) is 2.22. The summed E-state index contributed by atoms with van der Waals surface area (Å²) in [5, 5.41) is 14.1. The Hall–Kier alpha value is -3.48. The van der Waals surface area contributed by atoms with Gasteiger partial charge in [-0.1, -0.05) is 24.3 Å². The number of carbonyl (C=O) groups excluding carboxylic acids is 1. The summed E-state index contributed by atoms with van der Waals surface area (Å²) in [5.41, 5.74) is 3.27. The first-order valence-electron chi connectivity index (χ1n) is 7.18. The highest BCUT2D eigenvalue weighted by atomic mass is 16.3. The van der Waals surface area contributed by atoms with Crippen molar-refractivity contribution in [1.29, 1.82) is 0 Å². The van der Waals surface area contributed by atoms with Gasteiger partial charge in [0.25, 0.3) is 5.56 Å². The number of aromatic nitrogens is 2. The third-order valence-corrected chi connectivity index (χ3v) is 3.45. The van der Waals surface area contributed by atoms with Gasteiger partial charge in [0.15, 0.2) is 0 Å². The molecule has 3 aromatic rings. The Bertz CT molecular complexity index is 1010. The minimum atomic E-state index is -0.646. The number of amides is 1. The number of benzene rings is 2. The maximum Gasteiger partial charge on any atom is 0.307 e. The Morgan fingerprint density at radius 2 is 1.88 bits per heavy atom. The summed E-state index contributed by atoms with van der Waals surface area (Å²) >= 11 is 0. The standard InChI is InChI=1S/C17H14N4O3/c1-10(11-6-3-5-9-14(11)22)20-21-17(24)15-18-13-8-4-2-7-12(13)16(23)19-15/h2-9,22H,1H3,(H,21,24)(H,18,19,23)/b20-10+. The summed E-state index contributed by atoms with van der Waals surface area (Å²) in [5.74, 6) is -0.717. The Morgan fingerprint density at radius 3 is 2.67 bits per heavy atom. The number of nitrogens with zero attached hydrogens (tertiary/aromatic N) is 2. The fraction of sp³-hybridized carbons (Fsp3) is 0.0588. The van der Waals surface area contributed by atoms with E-state index in [2.05, 4.69) is 20.5 Å². The van der Waals surface area contributed by atoms with E-state index in [-0.39, 0.29) is 11.6 Å². The molecule has 3 rings (SSSR count). The van der Waals surface area contributed by atoms with Crippen LogP contribution in [0, 0.1) is 0 Å². The summed E-state index contributed by atoms with van der Waals surface area (Å²) in [6.45, 7) is 1.64. The number of fused-ring (bicyclic) bond motifs is 1. The molecule has 7 nitrogen and oxygen atoms in total. The maximum absolute atomic E-state index is 12.1. The van der Waals surface area contributed by atoms with Crippen LogP contribution in [-0.4, -0.2) is 26.7 Å². The Labute approximate surface area is 136 Å². The summed E-state index contributed by atoms with van der Waals surface area (Å²) in [6.07, 6.45) is 0. The number of nitrogens with one attached hydrogen (secondary N) is 2. The molecule has 0 unspecified atom stereocenters. The van der Waals surface area contributed by atoms with Gasteiger partial charge in [0.1, 0.15) is 5.75 Å². The van der Waals surface area contributed by atoms with E-state index in [1.807, 2.05) is 0 Å². The van der Waals surface area contributed by atoms with Crippen molar-refractivity contribution in [3.8, 4) is 5.75 Å². The minimum Gasteiger partial charge on any atom is -0.507 e. The van der Waals surface area contributed by atoms with E-state index in [0.29, 0.717) is 22.2 Å². The lowest BCUT2D eigenvalue weighted by molar-refractivity contribution is 0.0944. The number of aromatic hydroxyl groups is 1. The van der Waals surface area contributed by atoms with Gasteiger partial charge in [0.05, 0.1) is 16.6 Å². The number of H-pyrrole nitrogens is 1. The van der Waals surface area contributed by atoms with Crippen LogP contribution in [-0.2, 0) is 0 Å². The van der Waals surface area contributed by atoms with E-state index in [1.165, 1.54) is 6.07 Å². The van der Waals surface area contributed by atoms with Gasteiger partial charge in [-0.2, -0.15) is 5.10 Å². The average Bonchev–Trinajstić information content (AvgIpc) is 2.59. The zero-order valence-corrected chi connectivity index (χ0v) is 12.8. The molecule has 0 saturated heterocycles. The number of hydrogen-bond acceptors (Lipinski definition) is 5. The summed E-state index contributed by atoms with van der Waals surface area (Å²) in [7, 11) is 0. The number of rotatable bonds is 3. The number of aromatic amines is 1. The molecule has 0 saturated carbocycles. The topological polar surface area (TPSA) is 107 Å². The molecule has 0 radical (unpaired) electrons. The van der Waals surface area contributed by atoms with Crippen molar-refractivity contribution in [3.63, 3.8) is 0 Å². The van der Waals surface area contributed by atoms with Crippen LogP contribution in [0.3, 0.4) is 0 Å². The van der Waals surface area contributed by atoms with E-state index in [0.717, 1.165) is 0 Å². The predicted molar refractivity (Wildman–Crippen MR) is 90.1 cm³/mol. The van der Waals surface area contributed by atoms with Gasteiger partial charge in [-0.05, 0) is 31.2 Å². The van der Waals surface area contributed by atoms with Crippen LogP contribution in [0.1, 0.15) is 23.1 Å². The lowest BCUT2D eigenvalue weighted by Crippen LogP contribution is -2.25. The molecule has 3 N–H and O–H groups in total. The van der Waals surface area contributed by atoms with Crippen LogP contribution in [0.2, 0.25) is 0 Å². The third-order valence-electron chi connectivity index (χ3n) is 3.45. The lowest BCUT2D eigenvalue weighted by atomic mass is 10.1. The quantitative estimate of drug-likeness (QED) is 0.504. The Morgan fingerprint density at radius 1 is 1.17 bits per heavy atom. The van der Waals surface area contributed by atoms with Crippen molar-refractivity contribution in [3.05, 3.63) is 70.3 Å². The number of hydrazone groups is 1. The largest absolute Gasteiger partial charge is 0.507 e. The molecule has 0 fully saturated rings. The van der Waals surface area contributed by atoms with Crippen molar-refractivity contribution in [1.82, 2.24) is 15.4 Å². The van der Waals surface area contributed by atoms with E-state index in [4.69, 9.17) is 0 Å². The summed E-state index contributed by atoms with van der Waals surface area (Å²) in [6, 6.07) is 13.4. The van der Waals surface area contributed by atoms with Gasteiger partial charge in [-0.25, -0.2) is 10.4 Å². The highest BCUT2D eigenvalue weighted by Gasteiger charge is 2.11. The molecule has 0 aliphatic heterocycles. The number of hydrogen-bond donors (Lipinski definition) is 3. The molecule has 120 valence electrons. The highest BCUT2D eigenvalue weighted by molar-refractivity contribution is 6.02. The van der Waals surface area contributed by atoms with Crippen LogP contribution in [0.15, 0.2) is 58.4 Å². The van der Waals surface area contributed by atoms with Crippen molar-refractivity contribution >= 4 is 22.5 Å². The van der Waals surface area contributed by atoms with E-state index in [1.54, 1.807) is 49.4 Å². The molecule has 0 bridgehead atoms. The monoisotopic (exact) mass is 322 g/mol. The molecule has 1 aromatic heterocycles. The Kier molecular flexibility index (Phi) is 4.07. The molecule has 0 aliphatic rings. The molecule has 7 heteroatoms. The second kappa shape index (κ2) is 6.33. The number of carbonyl (C=O) groups is 1. The van der Waals surface area contributed by atoms with Crippen molar-refractivity contribution in [2.45, 2.75) is 6.92 Å². The fourth-order valence-corrected chi connectivity index (χ4v) is 2.22. The molecular weight excluding hydrogens is 308 g/mol. The SMILES string of the molecule is C/C(=N\NC(=O)c1nc2ccccc2c(=O)[nH]1)c1ccccc1O. The second-order valence-corrected chi connectivity index (χ2v) is 5.09. The highest BCUT2D eigenvalue weighted by Crippen LogP contribution is 2.16. The van der Waals surface area contributed by atoms with Crippen molar-refractivity contribution in [2.75, 3.05) is 0 Å². The average molecular weight is 322 g/mol. The minimum absolute atomic E-state index is 0.0604. The van der Waals surface area contributed by atoms with Gasteiger partial charge in [0.2, 0.25) is 5.82 Å². The zero-order valence-electron chi connectivity index (χ0n) is 12.8. The second-order valence-electron chi connectivity index (χ2n) is 5.09. The summed E-state index contributed by atoms with van der Waals surface area (Å²) < 4.78 is 0. The molecule has 2 aromatic carbocycles. The molecule has 0 aliphatic carbocycles. The van der Waals surface area contributed by atoms with Crippen LogP contribution in [0.5, 0.6) is 5.75 Å². The van der Waals surface area contributed by atoms with Crippen molar-refractivity contribution < 1.29 is 9.90 Å². The number of phenols is 1. The first kappa shape index (κ1) is 15.4. The van der Waals surface area contributed by atoms with E-state index < -0.39 is 11.5 Å². The van der Waals surface area contributed by atoms with E-state index in [9.17, 15) is 14.7 Å². The first-order chi connectivity index (χ1) is 11.6. The normalized spacial score (nSPS) is 11.5. The molecular formula is C17H14N4O3. The Balaban J connectivity index is 1.87. The van der Waals surface area contributed by atoms with Crippen LogP contribution < -0.4 is 11.0 Å². The first-order valence-corrected chi connectivity index (χ1v) is 7.18. The van der Waals surface area contributed by atoms with Gasteiger partial charge >= 0.3 is 5.91 Å². The third kappa shape index (κ3) is 3.00. The van der Waals surface area contributed by atoms with Gasteiger partial charge in [-0.3, -0.25) is 9.59 Å². The van der Waals surface area contributed by atoms with Gasteiger partial charge in [0, 0.05) is 5.56 Å². The molecule has 0 spiro atoms.